The van der Waals surface area contributed by atoms with Crippen LogP contribution >= 0.6 is 0 Å². The molecule has 0 aliphatic carbocycles. The maximum atomic E-state index is 12.3. The second kappa shape index (κ2) is 4.53. The smallest absolute Gasteiger partial charge is 0.252 e. The first-order valence-electron chi connectivity index (χ1n) is 6.41. The molecule has 4 nitrogen and oxygen atoms in total. The molecule has 0 bridgehead atoms. The van der Waals surface area contributed by atoms with Crippen molar-refractivity contribution in [3.8, 4) is 0 Å². The number of nitrogens with one attached hydrogen (secondary N) is 1. The number of nitrogens with zero attached hydrogens (tertiary/aromatic N) is 1. The molecular weight excluding hydrogens is 216 g/mol. The Hall–Kier alpha value is -1.29. The average Bonchev–Trinajstić information content (AvgIpc) is 3.09. The van der Waals surface area contributed by atoms with E-state index in [1.165, 1.54) is 0 Å². The monoisotopic (exact) mass is 234 g/mol. The fraction of sp³-hybridized carbons (Fsp3) is 0.615. The van der Waals surface area contributed by atoms with E-state index in [4.69, 9.17) is 4.74 Å². The summed E-state index contributed by atoms with van der Waals surface area (Å²) in [6, 6.07) is 4.27. The van der Waals surface area contributed by atoms with Crippen molar-refractivity contribution in [3.63, 3.8) is 0 Å². The SMILES string of the molecule is O=C(C1CCCO1)N1CCCC1c1ccc[nH]1. The van der Waals surface area contributed by atoms with Crippen LogP contribution in [0.25, 0.3) is 0 Å². The van der Waals surface area contributed by atoms with Crippen LogP contribution in [0.1, 0.15) is 37.4 Å². The minimum absolute atomic E-state index is 0.180. The zero-order valence-electron chi connectivity index (χ0n) is 9.89. The Morgan fingerprint density at radius 3 is 3.06 bits per heavy atom. The van der Waals surface area contributed by atoms with Crippen LogP contribution in [0.3, 0.4) is 0 Å². The maximum absolute atomic E-state index is 12.3. The van der Waals surface area contributed by atoms with E-state index < -0.39 is 0 Å². The fourth-order valence-corrected chi connectivity index (χ4v) is 2.86. The van der Waals surface area contributed by atoms with Crippen LogP contribution in [0.2, 0.25) is 0 Å². The predicted molar refractivity (Wildman–Crippen MR) is 63.5 cm³/mol. The number of amides is 1. The highest BCUT2D eigenvalue weighted by atomic mass is 16.5. The van der Waals surface area contributed by atoms with Gasteiger partial charge in [-0.05, 0) is 37.8 Å². The Labute approximate surface area is 101 Å². The normalized spacial score (nSPS) is 28.8. The minimum Gasteiger partial charge on any atom is -0.368 e. The van der Waals surface area contributed by atoms with Gasteiger partial charge in [-0.2, -0.15) is 0 Å². The molecule has 2 fully saturated rings. The van der Waals surface area contributed by atoms with Crippen LogP contribution in [0.4, 0.5) is 0 Å². The van der Waals surface area contributed by atoms with Gasteiger partial charge in [0.15, 0.2) is 0 Å². The molecule has 2 aliphatic rings. The van der Waals surface area contributed by atoms with Crippen LogP contribution in [-0.4, -0.2) is 35.0 Å². The first-order chi connectivity index (χ1) is 8.36. The van der Waals surface area contributed by atoms with Gasteiger partial charge in [0, 0.05) is 25.0 Å². The third-order valence-corrected chi connectivity index (χ3v) is 3.72. The van der Waals surface area contributed by atoms with E-state index in [0.29, 0.717) is 0 Å². The molecule has 3 rings (SSSR count). The molecule has 0 spiro atoms. The quantitative estimate of drug-likeness (QED) is 0.849. The highest BCUT2D eigenvalue weighted by Crippen LogP contribution is 2.32. The van der Waals surface area contributed by atoms with E-state index in [1.54, 1.807) is 0 Å². The van der Waals surface area contributed by atoms with Gasteiger partial charge in [-0.3, -0.25) is 4.79 Å². The van der Waals surface area contributed by atoms with Crippen molar-refractivity contribution < 1.29 is 9.53 Å². The van der Waals surface area contributed by atoms with E-state index in [2.05, 4.69) is 11.1 Å². The van der Waals surface area contributed by atoms with Crippen molar-refractivity contribution in [2.75, 3.05) is 13.2 Å². The molecule has 2 saturated heterocycles. The Balaban J connectivity index is 1.75. The summed E-state index contributed by atoms with van der Waals surface area (Å²) in [6.45, 7) is 1.60. The first kappa shape index (κ1) is 10.8. The van der Waals surface area contributed by atoms with Crippen molar-refractivity contribution in [2.24, 2.45) is 0 Å². The van der Waals surface area contributed by atoms with Crippen LogP contribution in [0, 0.1) is 0 Å². The summed E-state index contributed by atoms with van der Waals surface area (Å²) >= 11 is 0. The highest BCUT2D eigenvalue weighted by molar-refractivity contribution is 5.81. The molecule has 4 heteroatoms. The summed E-state index contributed by atoms with van der Waals surface area (Å²) in [5, 5.41) is 0. The van der Waals surface area contributed by atoms with Gasteiger partial charge in [-0.1, -0.05) is 0 Å². The number of aromatic nitrogens is 1. The molecule has 2 unspecified atom stereocenters. The van der Waals surface area contributed by atoms with Gasteiger partial charge < -0.3 is 14.6 Å². The van der Waals surface area contributed by atoms with Gasteiger partial charge in [0.1, 0.15) is 6.10 Å². The summed E-state index contributed by atoms with van der Waals surface area (Å²) in [4.78, 5) is 17.5. The van der Waals surface area contributed by atoms with E-state index in [0.717, 1.165) is 44.5 Å². The lowest BCUT2D eigenvalue weighted by atomic mass is 10.1. The number of likely N-dealkylation sites (tertiary alicyclic amines) is 1. The zero-order chi connectivity index (χ0) is 11.7. The lowest BCUT2D eigenvalue weighted by Crippen LogP contribution is -2.38. The number of hydrogen-bond donors (Lipinski definition) is 1. The van der Waals surface area contributed by atoms with E-state index in [9.17, 15) is 4.79 Å². The second-order valence-electron chi connectivity index (χ2n) is 4.82. The van der Waals surface area contributed by atoms with Gasteiger partial charge in [0.2, 0.25) is 0 Å². The van der Waals surface area contributed by atoms with Gasteiger partial charge in [0.05, 0.1) is 6.04 Å². The zero-order valence-corrected chi connectivity index (χ0v) is 9.89. The van der Waals surface area contributed by atoms with Gasteiger partial charge >= 0.3 is 0 Å². The number of carbonyl (C=O) groups is 1. The molecule has 3 heterocycles. The van der Waals surface area contributed by atoms with Gasteiger partial charge in [-0.25, -0.2) is 0 Å². The van der Waals surface area contributed by atoms with Crippen LogP contribution in [-0.2, 0) is 9.53 Å². The number of carbonyl (C=O) groups excluding carboxylic acids is 1. The molecule has 1 N–H and O–H groups in total. The number of hydrogen-bond acceptors (Lipinski definition) is 2. The Morgan fingerprint density at radius 2 is 2.35 bits per heavy atom. The molecule has 1 aromatic rings. The highest BCUT2D eigenvalue weighted by Gasteiger charge is 2.35. The van der Waals surface area contributed by atoms with Crippen molar-refractivity contribution in [3.05, 3.63) is 24.0 Å². The molecule has 2 atom stereocenters. The van der Waals surface area contributed by atoms with E-state index >= 15 is 0 Å². The van der Waals surface area contributed by atoms with Crippen molar-refractivity contribution in [1.29, 1.82) is 0 Å². The molecule has 0 radical (unpaired) electrons. The molecule has 92 valence electrons. The maximum Gasteiger partial charge on any atom is 0.252 e. The van der Waals surface area contributed by atoms with E-state index in [-0.39, 0.29) is 18.1 Å². The average molecular weight is 234 g/mol. The van der Waals surface area contributed by atoms with Crippen LogP contribution < -0.4 is 0 Å². The molecular formula is C13H18N2O2. The Kier molecular flexibility index (Phi) is 2.89. The van der Waals surface area contributed by atoms with Gasteiger partial charge in [0.25, 0.3) is 5.91 Å². The van der Waals surface area contributed by atoms with Crippen molar-refractivity contribution in [1.82, 2.24) is 9.88 Å². The molecule has 17 heavy (non-hydrogen) atoms. The second-order valence-corrected chi connectivity index (χ2v) is 4.82. The van der Waals surface area contributed by atoms with E-state index in [1.807, 2.05) is 17.2 Å². The fourth-order valence-electron chi connectivity index (χ4n) is 2.86. The topological polar surface area (TPSA) is 45.3 Å². The third-order valence-electron chi connectivity index (χ3n) is 3.72. The number of H-pyrrole nitrogens is 1. The lowest BCUT2D eigenvalue weighted by molar-refractivity contribution is -0.142. The number of ether oxygens (including phenoxy) is 1. The first-order valence-corrected chi connectivity index (χ1v) is 6.41. The summed E-state index contributed by atoms with van der Waals surface area (Å²) in [6.07, 6.45) is 5.76. The minimum atomic E-state index is -0.189. The van der Waals surface area contributed by atoms with Crippen LogP contribution in [0.15, 0.2) is 18.3 Å². The molecule has 0 aromatic carbocycles. The number of aromatic amines is 1. The Bertz CT molecular complexity index is 382. The summed E-state index contributed by atoms with van der Waals surface area (Å²) in [7, 11) is 0. The van der Waals surface area contributed by atoms with Crippen molar-refractivity contribution in [2.45, 2.75) is 37.8 Å². The molecule has 2 aliphatic heterocycles. The predicted octanol–water partition coefficient (Wildman–Crippen LogP) is 1.86. The summed E-state index contributed by atoms with van der Waals surface area (Å²) in [5.74, 6) is 0.180. The third kappa shape index (κ3) is 1.97. The molecule has 1 amide bonds. The summed E-state index contributed by atoms with van der Waals surface area (Å²) in [5.41, 5.74) is 1.15. The Morgan fingerprint density at radius 1 is 1.41 bits per heavy atom. The van der Waals surface area contributed by atoms with Crippen LogP contribution in [0.5, 0.6) is 0 Å². The largest absolute Gasteiger partial charge is 0.368 e. The molecule has 0 saturated carbocycles. The summed E-state index contributed by atoms with van der Waals surface area (Å²) < 4.78 is 5.49. The molecule has 1 aromatic heterocycles. The van der Waals surface area contributed by atoms with Gasteiger partial charge in [-0.15, -0.1) is 0 Å². The number of rotatable bonds is 2. The standard InChI is InChI=1S/C13H18N2O2/c16-13(12-6-3-9-17-12)15-8-2-5-11(15)10-4-1-7-14-10/h1,4,7,11-12,14H,2-3,5-6,8-9H2. The van der Waals surface area contributed by atoms with Crippen molar-refractivity contribution >= 4 is 5.91 Å². The lowest BCUT2D eigenvalue weighted by Gasteiger charge is -2.26.